The first-order valence-electron chi connectivity index (χ1n) is 10.1. The maximum atomic E-state index is 12.7. The van der Waals surface area contributed by atoms with Crippen LogP contribution in [0.15, 0.2) is 0 Å². The highest BCUT2D eigenvalue weighted by Gasteiger charge is 2.33. The van der Waals surface area contributed by atoms with Crippen molar-refractivity contribution in [2.45, 2.75) is 76.9 Å². The van der Waals surface area contributed by atoms with Crippen molar-refractivity contribution in [1.29, 1.82) is 0 Å². The quantitative estimate of drug-likeness (QED) is 0.159. The van der Waals surface area contributed by atoms with Crippen LogP contribution in [0.2, 0.25) is 0 Å². The molecule has 0 heterocycles. The van der Waals surface area contributed by atoms with E-state index >= 15 is 0 Å². The minimum Gasteiger partial charge on any atom is -0.480 e. The molecule has 0 aliphatic rings. The molecule has 0 bridgehead atoms. The molecular weight excluding hydrogens is 428 g/mol. The molecule has 11 nitrogen and oxygen atoms in total. The average Bonchev–Trinajstić information content (AvgIpc) is 2.70. The van der Waals surface area contributed by atoms with Gasteiger partial charge in [-0.05, 0) is 38.2 Å². The number of carbonyl (C=O) groups excluding carboxylic acids is 3. The highest BCUT2D eigenvalue weighted by Crippen LogP contribution is 2.10. The van der Waals surface area contributed by atoms with Crippen LogP contribution in [0.1, 0.15) is 40.5 Å². The minimum absolute atomic E-state index is 0.208. The Morgan fingerprint density at radius 1 is 0.903 bits per heavy atom. The van der Waals surface area contributed by atoms with Crippen molar-refractivity contribution in [3.05, 3.63) is 0 Å². The van der Waals surface area contributed by atoms with Gasteiger partial charge in [0.1, 0.15) is 24.2 Å². The highest BCUT2D eigenvalue weighted by atomic mass is 32.2. The zero-order valence-electron chi connectivity index (χ0n) is 18.6. The molecule has 0 saturated carbocycles. The van der Waals surface area contributed by atoms with Crippen LogP contribution >= 0.6 is 11.8 Å². The van der Waals surface area contributed by atoms with Crippen molar-refractivity contribution in [1.82, 2.24) is 16.0 Å². The van der Waals surface area contributed by atoms with E-state index in [1.807, 2.05) is 6.26 Å². The summed E-state index contributed by atoms with van der Waals surface area (Å²) in [6.07, 6.45) is 0.0530. The molecule has 0 radical (unpaired) electrons. The van der Waals surface area contributed by atoms with Gasteiger partial charge in [0, 0.05) is 0 Å². The number of nitrogens with two attached hydrogens (primary N) is 1. The standard InChI is InChI=1S/C19H36N4O7S/c1-6-9(2)14(19(29)30)22-16(26)12(7-8-31-5)21-18(28)15(11(4)25)23-17(27)13(20)10(3)24/h9-15,24-25H,6-8,20H2,1-5H3,(H,21,28)(H,22,26)(H,23,27)(H,29,30). The van der Waals surface area contributed by atoms with Gasteiger partial charge in [0.15, 0.2) is 0 Å². The van der Waals surface area contributed by atoms with Crippen LogP contribution in [0, 0.1) is 5.92 Å². The van der Waals surface area contributed by atoms with E-state index in [2.05, 4.69) is 16.0 Å². The van der Waals surface area contributed by atoms with Gasteiger partial charge in [0.25, 0.3) is 0 Å². The number of hydrogen-bond acceptors (Lipinski definition) is 8. The van der Waals surface area contributed by atoms with Gasteiger partial charge >= 0.3 is 5.97 Å². The third kappa shape index (κ3) is 9.85. The number of hydrogen-bond donors (Lipinski definition) is 7. The smallest absolute Gasteiger partial charge is 0.326 e. The molecule has 0 aromatic rings. The van der Waals surface area contributed by atoms with Gasteiger partial charge in [-0.1, -0.05) is 20.3 Å². The molecule has 0 aromatic heterocycles. The molecule has 0 spiro atoms. The zero-order valence-corrected chi connectivity index (χ0v) is 19.4. The van der Waals surface area contributed by atoms with Crippen molar-refractivity contribution in [3.8, 4) is 0 Å². The molecule has 7 atom stereocenters. The average molecular weight is 465 g/mol. The SMILES string of the molecule is CCC(C)C(NC(=O)C(CCSC)NC(=O)C(NC(=O)C(N)C(C)O)C(C)O)C(=O)O. The van der Waals surface area contributed by atoms with Crippen molar-refractivity contribution in [2.75, 3.05) is 12.0 Å². The summed E-state index contributed by atoms with van der Waals surface area (Å²) < 4.78 is 0. The van der Waals surface area contributed by atoms with E-state index in [9.17, 15) is 34.5 Å². The van der Waals surface area contributed by atoms with Gasteiger partial charge in [0.05, 0.1) is 12.2 Å². The topological polar surface area (TPSA) is 191 Å². The summed E-state index contributed by atoms with van der Waals surface area (Å²) in [5, 5.41) is 36.0. The van der Waals surface area contributed by atoms with E-state index in [-0.39, 0.29) is 12.3 Å². The summed E-state index contributed by atoms with van der Waals surface area (Å²) in [5.41, 5.74) is 5.55. The molecule has 31 heavy (non-hydrogen) atoms. The Morgan fingerprint density at radius 2 is 1.45 bits per heavy atom. The molecule has 7 unspecified atom stereocenters. The Balaban J connectivity index is 5.45. The summed E-state index contributed by atoms with van der Waals surface area (Å²) in [6, 6.07) is -4.93. The maximum absolute atomic E-state index is 12.7. The number of carboxylic acid groups (broad SMARTS) is 1. The number of carboxylic acids is 1. The molecule has 0 fully saturated rings. The second-order valence-electron chi connectivity index (χ2n) is 7.55. The predicted octanol–water partition coefficient (Wildman–Crippen LogP) is -1.59. The summed E-state index contributed by atoms with van der Waals surface area (Å²) in [7, 11) is 0. The predicted molar refractivity (Wildman–Crippen MR) is 117 cm³/mol. The molecule has 8 N–H and O–H groups in total. The van der Waals surface area contributed by atoms with Crippen LogP contribution in [-0.4, -0.2) is 87.4 Å². The molecule has 3 amide bonds. The first kappa shape index (κ1) is 29.1. The van der Waals surface area contributed by atoms with Gasteiger partial charge in [-0.2, -0.15) is 11.8 Å². The first-order valence-corrected chi connectivity index (χ1v) is 11.5. The Labute approximate surface area is 186 Å². The lowest BCUT2D eigenvalue weighted by molar-refractivity contribution is -0.144. The second-order valence-corrected chi connectivity index (χ2v) is 8.53. The van der Waals surface area contributed by atoms with Crippen molar-refractivity contribution < 1.29 is 34.5 Å². The van der Waals surface area contributed by atoms with E-state index < -0.39 is 60.1 Å². The normalized spacial score (nSPS) is 17.9. The fourth-order valence-corrected chi connectivity index (χ4v) is 3.05. The fraction of sp³-hybridized carbons (Fsp3) is 0.789. The molecule has 12 heteroatoms. The third-order valence-corrected chi connectivity index (χ3v) is 5.55. The molecule has 180 valence electrons. The number of aliphatic carboxylic acids is 1. The summed E-state index contributed by atoms with van der Waals surface area (Å²) in [6.45, 7) is 6.08. The van der Waals surface area contributed by atoms with Gasteiger partial charge < -0.3 is 37.0 Å². The van der Waals surface area contributed by atoms with E-state index in [1.54, 1.807) is 13.8 Å². The van der Waals surface area contributed by atoms with Crippen LogP contribution in [0.3, 0.4) is 0 Å². The summed E-state index contributed by atoms with van der Waals surface area (Å²) in [4.78, 5) is 49.0. The molecular formula is C19H36N4O7S. The van der Waals surface area contributed by atoms with Crippen LogP contribution in [-0.2, 0) is 19.2 Å². The number of aliphatic hydroxyl groups is 2. The van der Waals surface area contributed by atoms with Gasteiger partial charge in [-0.25, -0.2) is 4.79 Å². The Kier molecular flexibility index (Phi) is 13.4. The monoisotopic (exact) mass is 464 g/mol. The Hall–Kier alpha value is -1.89. The Morgan fingerprint density at radius 3 is 1.87 bits per heavy atom. The lowest BCUT2D eigenvalue weighted by atomic mass is 9.98. The summed E-state index contributed by atoms with van der Waals surface area (Å²) >= 11 is 1.43. The lowest BCUT2D eigenvalue weighted by Gasteiger charge is -2.27. The van der Waals surface area contributed by atoms with Gasteiger partial charge in [-0.3, -0.25) is 14.4 Å². The number of rotatable bonds is 14. The largest absolute Gasteiger partial charge is 0.480 e. The number of nitrogens with one attached hydrogen (secondary N) is 3. The van der Waals surface area contributed by atoms with Crippen LogP contribution < -0.4 is 21.7 Å². The van der Waals surface area contributed by atoms with Crippen LogP contribution in [0.5, 0.6) is 0 Å². The van der Waals surface area contributed by atoms with E-state index in [0.29, 0.717) is 12.2 Å². The first-order chi connectivity index (χ1) is 14.4. The molecule has 0 aromatic carbocycles. The zero-order chi connectivity index (χ0) is 24.3. The van der Waals surface area contributed by atoms with Crippen molar-refractivity contribution in [3.63, 3.8) is 0 Å². The number of thioether (sulfide) groups is 1. The molecule has 0 rings (SSSR count). The van der Waals surface area contributed by atoms with Gasteiger partial charge in [0.2, 0.25) is 17.7 Å². The van der Waals surface area contributed by atoms with E-state index in [4.69, 9.17) is 5.73 Å². The third-order valence-electron chi connectivity index (χ3n) is 4.91. The molecule has 0 aliphatic carbocycles. The highest BCUT2D eigenvalue weighted by molar-refractivity contribution is 7.98. The number of aliphatic hydroxyl groups excluding tert-OH is 2. The molecule has 0 aliphatic heterocycles. The van der Waals surface area contributed by atoms with Crippen LogP contribution in [0.25, 0.3) is 0 Å². The summed E-state index contributed by atoms with van der Waals surface area (Å²) in [5.74, 6) is -3.37. The minimum atomic E-state index is -1.42. The number of carbonyl (C=O) groups is 4. The Bertz CT molecular complexity index is 618. The van der Waals surface area contributed by atoms with Gasteiger partial charge in [-0.15, -0.1) is 0 Å². The van der Waals surface area contributed by atoms with E-state index in [1.165, 1.54) is 25.6 Å². The van der Waals surface area contributed by atoms with E-state index in [0.717, 1.165) is 0 Å². The lowest BCUT2D eigenvalue weighted by Crippen LogP contribution is -2.61. The maximum Gasteiger partial charge on any atom is 0.326 e. The fourth-order valence-electron chi connectivity index (χ4n) is 2.58. The second kappa shape index (κ2) is 14.2. The van der Waals surface area contributed by atoms with Crippen molar-refractivity contribution in [2.24, 2.45) is 11.7 Å². The molecule has 0 saturated heterocycles. The number of amides is 3. The van der Waals surface area contributed by atoms with Crippen LogP contribution in [0.4, 0.5) is 0 Å². The van der Waals surface area contributed by atoms with Crippen molar-refractivity contribution >= 4 is 35.5 Å².